The van der Waals surface area contributed by atoms with Gasteiger partial charge in [0.15, 0.2) is 5.65 Å². The predicted molar refractivity (Wildman–Crippen MR) is 80.0 cm³/mol. The molecule has 2 N–H and O–H groups in total. The highest BCUT2D eigenvalue weighted by molar-refractivity contribution is 7.98. The monoisotopic (exact) mass is 267 g/mol. The Hall–Kier alpha value is -2.07. The Morgan fingerprint density at radius 3 is 2.53 bits per heavy atom. The highest BCUT2D eigenvalue weighted by Crippen LogP contribution is 2.23. The van der Waals surface area contributed by atoms with E-state index in [9.17, 15) is 0 Å². The summed E-state index contributed by atoms with van der Waals surface area (Å²) in [5.74, 6) is 1.41. The molecular weight excluding hydrogens is 254 g/mol. The lowest BCUT2D eigenvalue weighted by Gasteiger charge is -2.03. The highest BCUT2D eigenvalue weighted by atomic mass is 32.2. The summed E-state index contributed by atoms with van der Waals surface area (Å²) in [5.41, 5.74) is 7.67. The summed E-state index contributed by atoms with van der Waals surface area (Å²) in [6.07, 6.45) is 0. The van der Waals surface area contributed by atoms with Crippen molar-refractivity contribution < 1.29 is 0 Å². The van der Waals surface area contributed by atoms with Crippen molar-refractivity contribution in [1.82, 2.24) is 9.97 Å². The summed E-state index contributed by atoms with van der Waals surface area (Å²) in [5, 5.41) is 1.98. The van der Waals surface area contributed by atoms with Gasteiger partial charge < -0.3 is 5.73 Å². The van der Waals surface area contributed by atoms with Gasteiger partial charge in [-0.05, 0) is 29.8 Å². The zero-order chi connectivity index (χ0) is 13.1. The Morgan fingerprint density at radius 2 is 1.68 bits per heavy atom. The van der Waals surface area contributed by atoms with E-state index in [1.807, 2.05) is 36.4 Å². The smallest absolute Gasteiger partial charge is 0.162 e. The van der Waals surface area contributed by atoms with Gasteiger partial charge >= 0.3 is 0 Å². The van der Waals surface area contributed by atoms with E-state index < -0.39 is 0 Å². The number of pyridine rings is 2. The molecule has 0 spiro atoms. The summed E-state index contributed by atoms with van der Waals surface area (Å²) in [7, 11) is 0. The molecule has 94 valence electrons. The molecule has 0 aliphatic heterocycles. The van der Waals surface area contributed by atoms with Crippen LogP contribution in [0.1, 0.15) is 5.56 Å². The van der Waals surface area contributed by atoms with Gasteiger partial charge in [0.1, 0.15) is 5.82 Å². The van der Waals surface area contributed by atoms with Gasteiger partial charge in [-0.2, -0.15) is 0 Å². The molecular formula is C15H13N3S. The van der Waals surface area contributed by atoms with Crippen molar-refractivity contribution in [1.29, 1.82) is 0 Å². The molecule has 2 aromatic heterocycles. The van der Waals surface area contributed by atoms with E-state index >= 15 is 0 Å². The molecule has 4 heteroatoms. The van der Waals surface area contributed by atoms with E-state index in [1.165, 1.54) is 5.56 Å². The molecule has 0 bridgehead atoms. The molecule has 0 saturated carbocycles. The average molecular weight is 267 g/mol. The second-order valence-corrected chi connectivity index (χ2v) is 5.20. The Balaban J connectivity index is 1.81. The van der Waals surface area contributed by atoms with Gasteiger partial charge in [0.25, 0.3) is 0 Å². The topological polar surface area (TPSA) is 51.8 Å². The molecule has 1 aromatic carbocycles. The van der Waals surface area contributed by atoms with E-state index in [0.29, 0.717) is 11.5 Å². The molecule has 2 heterocycles. The zero-order valence-electron chi connectivity index (χ0n) is 10.3. The van der Waals surface area contributed by atoms with Crippen LogP contribution in [0, 0.1) is 0 Å². The maximum atomic E-state index is 5.68. The molecule has 0 aliphatic carbocycles. The van der Waals surface area contributed by atoms with Crippen LogP contribution >= 0.6 is 11.8 Å². The van der Waals surface area contributed by atoms with Crippen molar-refractivity contribution in [3.63, 3.8) is 0 Å². The van der Waals surface area contributed by atoms with Crippen molar-refractivity contribution in [2.45, 2.75) is 10.8 Å². The Kier molecular flexibility index (Phi) is 3.33. The minimum Gasteiger partial charge on any atom is -0.384 e. The number of thioether (sulfide) groups is 1. The minimum atomic E-state index is 0.505. The molecule has 0 saturated heterocycles. The van der Waals surface area contributed by atoms with Crippen LogP contribution in [0.15, 0.2) is 59.6 Å². The van der Waals surface area contributed by atoms with Crippen LogP contribution in [-0.2, 0) is 5.75 Å². The van der Waals surface area contributed by atoms with Crippen LogP contribution in [0.25, 0.3) is 11.0 Å². The fourth-order valence-electron chi connectivity index (χ4n) is 1.81. The first-order valence-electron chi connectivity index (χ1n) is 6.01. The number of nitrogen functional groups attached to an aromatic ring is 1. The second-order valence-electron chi connectivity index (χ2n) is 4.21. The first kappa shape index (κ1) is 12.0. The number of rotatable bonds is 3. The number of hydrogen-bond donors (Lipinski definition) is 1. The standard InChI is InChI=1S/C15H13N3S/c16-13-8-6-12-7-9-14(18-15(12)17-13)19-10-11-4-2-1-3-5-11/h1-9H,10H2,(H2,16,17,18). The highest BCUT2D eigenvalue weighted by Gasteiger charge is 2.01. The molecule has 0 amide bonds. The summed E-state index contributed by atoms with van der Waals surface area (Å²) in [6, 6.07) is 18.1. The summed E-state index contributed by atoms with van der Waals surface area (Å²) < 4.78 is 0. The number of fused-ring (bicyclic) bond motifs is 1. The normalized spacial score (nSPS) is 10.7. The average Bonchev–Trinajstić information content (AvgIpc) is 2.46. The van der Waals surface area contributed by atoms with Crippen molar-refractivity contribution in [3.8, 4) is 0 Å². The van der Waals surface area contributed by atoms with Gasteiger partial charge in [0.05, 0.1) is 5.03 Å². The van der Waals surface area contributed by atoms with Crippen molar-refractivity contribution in [2.75, 3.05) is 5.73 Å². The number of nitrogens with two attached hydrogens (primary N) is 1. The molecule has 3 aromatic rings. The third-order valence-corrected chi connectivity index (χ3v) is 3.78. The quantitative estimate of drug-likeness (QED) is 0.738. The number of aromatic nitrogens is 2. The SMILES string of the molecule is Nc1ccc2ccc(SCc3ccccc3)nc2n1. The minimum absolute atomic E-state index is 0.505. The van der Waals surface area contributed by atoms with Crippen LogP contribution in [0.3, 0.4) is 0 Å². The largest absolute Gasteiger partial charge is 0.384 e. The van der Waals surface area contributed by atoms with Crippen LogP contribution in [0.2, 0.25) is 0 Å². The number of anilines is 1. The van der Waals surface area contributed by atoms with E-state index in [-0.39, 0.29) is 0 Å². The lowest BCUT2D eigenvalue weighted by molar-refractivity contribution is 1.15. The third-order valence-electron chi connectivity index (χ3n) is 2.78. The molecule has 0 atom stereocenters. The van der Waals surface area contributed by atoms with Gasteiger partial charge in [-0.25, -0.2) is 9.97 Å². The lowest BCUT2D eigenvalue weighted by atomic mass is 10.2. The van der Waals surface area contributed by atoms with Crippen LogP contribution in [0.4, 0.5) is 5.82 Å². The van der Waals surface area contributed by atoms with Gasteiger partial charge in [0.2, 0.25) is 0 Å². The molecule has 0 radical (unpaired) electrons. The molecule has 0 unspecified atom stereocenters. The fourth-order valence-corrected chi connectivity index (χ4v) is 2.63. The maximum absolute atomic E-state index is 5.68. The fraction of sp³-hybridized carbons (Fsp3) is 0.0667. The van der Waals surface area contributed by atoms with Gasteiger partial charge in [-0.3, -0.25) is 0 Å². The van der Waals surface area contributed by atoms with E-state index in [2.05, 4.69) is 22.1 Å². The van der Waals surface area contributed by atoms with Crippen LogP contribution in [0.5, 0.6) is 0 Å². The molecule has 3 rings (SSSR count). The summed E-state index contributed by atoms with van der Waals surface area (Å²) in [6.45, 7) is 0. The maximum Gasteiger partial charge on any atom is 0.162 e. The number of hydrogen-bond acceptors (Lipinski definition) is 4. The van der Waals surface area contributed by atoms with Gasteiger partial charge in [0, 0.05) is 11.1 Å². The molecule has 0 fully saturated rings. The zero-order valence-corrected chi connectivity index (χ0v) is 11.1. The Bertz CT molecular complexity index is 698. The van der Waals surface area contributed by atoms with E-state index in [0.717, 1.165) is 16.2 Å². The molecule has 19 heavy (non-hydrogen) atoms. The van der Waals surface area contributed by atoms with Crippen molar-refractivity contribution in [2.24, 2.45) is 0 Å². The summed E-state index contributed by atoms with van der Waals surface area (Å²) >= 11 is 1.70. The Morgan fingerprint density at radius 1 is 0.895 bits per heavy atom. The molecule has 0 aliphatic rings. The first-order chi connectivity index (χ1) is 9.31. The van der Waals surface area contributed by atoms with Gasteiger partial charge in [-0.1, -0.05) is 30.3 Å². The number of nitrogens with zero attached hydrogens (tertiary/aromatic N) is 2. The third kappa shape index (κ3) is 2.85. The van der Waals surface area contributed by atoms with Crippen molar-refractivity contribution >= 4 is 28.6 Å². The second kappa shape index (κ2) is 5.28. The van der Waals surface area contributed by atoms with Crippen LogP contribution < -0.4 is 5.73 Å². The molecule has 3 nitrogen and oxygen atoms in total. The summed E-state index contributed by atoms with van der Waals surface area (Å²) in [4.78, 5) is 8.77. The van der Waals surface area contributed by atoms with E-state index in [1.54, 1.807) is 17.8 Å². The van der Waals surface area contributed by atoms with E-state index in [4.69, 9.17) is 5.73 Å². The van der Waals surface area contributed by atoms with Crippen molar-refractivity contribution in [3.05, 3.63) is 60.2 Å². The van der Waals surface area contributed by atoms with Crippen LogP contribution in [-0.4, -0.2) is 9.97 Å². The first-order valence-corrected chi connectivity index (χ1v) is 7.00. The Labute approximate surface area is 115 Å². The van der Waals surface area contributed by atoms with Gasteiger partial charge in [-0.15, -0.1) is 11.8 Å². The number of benzene rings is 1. The lowest BCUT2D eigenvalue weighted by Crippen LogP contribution is -1.92. The predicted octanol–water partition coefficient (Wildman–Crippen LogP) is 3.50.